The highest BCUT2D eigenvalue weighted by Crippen LogP contribution is 2.29. The first kappa shape index (κ1) is 26.9. The predicted molar refractivity (Wildman–Crippen MR) is 157 cm³/mol. The van der Waals surface area contributed by atoms with Gasteiger partial charge in [-0.25, -0.2) is 4.98 Å². The number of halogens is 1. The summed E-state index contributed by atoms with van der Waals surface area (Å²) >= 11 is 6.60. The van der Waals surface area contributed by atoms with Gasteiger partial charge in [0.25, 0.3) is 0 Å². The number of rotatable bonds is 10. The first-order chi connectivity index (χ1) is 18.3. The molecule has 0 radical (unpaired) electrons. The van der Waals surface area contributed by atoms with Gasteiger partial charge < -0.3 is 15.2 Å². The molecular formula is C32H38ClN3O2. The standard InChI is InChI=1S/C32H38ClN3O2/c1-4-38-27-13-14-28-25(18-27)17-26(31(33)35-28)21-36-15-7-10-29(36)30(37)20-34-32(2,3)19-22-11-12-23-8-5-6-9-24(23)16-22/h5-6,8-9,11-14,16-18,29-30,34,37H,4,7,10,15,19-21H2,1-3H3. The zero-order chi connectivity index (χ0) is 26.7. The Bertz CT molecular complexity index is 1410. The Morgan fingerprint density at radius 1 is 1.08 bits per heavy atom. The van der Waals surface area contributed by atoms with Gasteiger partial charge in [0.2, 0.25) is 0 Å². The minimum Gasteiger partial charge on any atom is -0.494 e. The van der Waals surface area contributed by atoms with Gasteiger partial charge >= 0.3 is 0 Å². The predicted octanol–water partition coefficient (Wildman–Crippen LogP) is 6.38. The maximum Gasteiger partial charge on any atom is 0.134 e. The average molecular weight is 532 g/mol. The van der Waals surface area contributed by atoms with Crippen molar-refractivity contribution in [3.63, 3.8) is 0 Å². The van der Waals surface area contributed by atoms with Crippen LogP contribution in [0.2, 0.25) is 5.15 Å². The number of β-amino-alcohol motifs (C(OH)–C–C–N with tert-alkyl or cyclic N) is 1. The van der Waals surface area contributed by atoms with Crippen molar-refractivity contribution in [1.29, 1.82) is 0 Å². The Kier molecular flexibility index (Phi) is 8.20. The van der Waals surface area contributed by atoms with Gasteiger partial charge in [0.15, 0.2) is 0 Å². The van der Waals surface area contributed by atoms with Gasteiger partial charge in [-0.1, -0.05) is 54.1 Å². The molecule has 0 bridgehead atoms. The number of aliphatic hydroxyl groups is 1. The number of ether oxygens (including phenoxy) is 1. The van der Waals surface area contributed by atoms with Crippen LogP contribution in [-0.2, 0) is 13.0 Å². The lowest BCUT2D eigenvalue weighted by Crippen LogP contribution is -2.50. The summed E-state index contributed by atoms with van der Waals surface area (Å²) in [6.07, 6.45) is 2.46. The maximum atomic E-state index is 11.2. The van der Waals surface area contributed by atoms with Crippen LogP contribution in [0.3, 0.4) is 0 Å². The molecule has 1 fully saturated rings. The largest absolute Gasteiger partial charge is 0.494 e. The molecule has 1 aliphatic rings. The lowest BCUT2D eigenvalue weighted by molar-refractivity contribution is 0.0633. The highest BCUT2D eigenvalue weighted by atomic mass is 35.5. The molecule has 0 saturated carbocycles. The van der Waals surface area contributed by atoms with E-state index in [0.717, 1.165) is 48.0 Å². The van der Waals surface area contributed by atoms with Gasteiger partial charge in [-0.3, -0.25) is 4.90 Å². The van der Waals surface area contributed by atoms with Crippen LogP contribution in [0.5, 0.6) is 5.75 Å². The molecule has 200 valence electrons. The van der Waals surface area contributed by atoms with Crippen LogP contribution in [0, 0.1) is 0 Å². The minimum absolute atomic E-state index is 0.0838. The van der Waals surface area contributed by atoms with E-state index in [9.17, 15) is 5.11 Å². The van der Waals surface area contributed by atoms with Crippen LogP contribution in [-0.4, -0.2) is 52.4 Å². The number of aromatic nitrogens is 1. The van der Waals surface area contributed by atoms with Crippen molar-refractivity contribution < 1.29 is 9.84 Å². The third kappa shape index (κ3) is 6.29. The van der Waals surface area contributed by atoms with Gasteiger partial charge in [-0.05, 0) is 87.2 Å². The van der Waals surface area contributed by atoms with Crippen molar-refractivity contribution in [2.75, 3.05) is 19.7 Å². The molecule has 2 heterocycles. The van der Waals surface area contributed by atoms with Gasteiger partial charge in [0.1, 0.15) is 10.9 Å². The summed E-state index contributed by atoms with van der Waals surface area (Å²) in [5.74, 6) is 0.835. The van der Waals surface area contributed by atoms with Crippen LogP contribution in [0.1, 0.15) is 44.7 Å². The fraction of sp³-hybridized carbons (Fsp3) is 0.406. The molecule has 1 saturated heterocycles. The third-order valence-corrected chi connectivity index (χ3v) is 7.93. The molecule has 2 N–H and O–H groups in total. The monoisotopic (exact) mass is 531 g/mol. The van der Waals surface area contributed by atoms with Crippen LogP contribution in [0.25, 0.3) is 21.7 Å². The Morgan fingerprint density at radius 3 is 2.71 bits per heavy atom. The van der Waals surface area contributed by atoms with E-state index in [1.807, 2.05) is 25.1 Å². The number of benzene rings is 3. The second-order valence-corrected chi connectivity index (χ2v) is 11.5. The van der Waals surface area contributed by atoms with E-state index in [2.05, 4.69) is 77.6 Å². The molecule has 0 spiro atoms. The van der Waals surface area contributed by atoms with Crippen molar-refractivity contribution in [2.24, 2.45) is 0 Å². The van der Waals surface area contributed by atoms with E-state index in [0.29, 0.717) is 24.8 Å². The zero-order valence-corrected chi connectivity index (χ0v) is 23.3. The number of nitrogens with one attached hydrogen (secondary N) is 1. The molecule has 1 aliphatic heterocycles. The summed E-state index contributed by atoms with van der Waals surface area (Å²) in [6.45, 7) is 9.17. The van der Waals surface area contributed by atoms with Gasteiger partial charge in [-0.15, -0.1) is 0 Å². The number of fused-ring (bicyclic) bond motifs is 2. The topological polar surface area (TPSA) is 57.6 Å². The number of aliphatic hydroxyl groups excluding tert-OH is 1. The summed E-state index contributed by atoms with van der Waals surface area (Å²) in [5.41, 5.74) is 3.00. The quantitative estimate of drug-likeness (QED) is 0.233. The molecule has 0 aliphatic carbocycles. The molecule has 2 atom stereocenters. The Hall–Kier alpha value is -2.70. The van der Waals surface area contributed by atoms with Gasteiger partial charge in [0, 0.05) is 35.6 Å². The zero-order valence-electron chi connectivity index (χ0n) is 22.6. The number of nitrogens with zero attached hydrogens (tertiary/aromatic N) is 2. The molecular weight excluding hydrogens is 494 g/mol. The van der Waals surface area contributed by atoms with Gasteiger partial charge in [-0.2, -0.15) is 0 Å². The van der Waals surface area contributed by atoms with Crippen molar-refractivity contribution in [1.82, 2.24) is 15.2 Å². The van der Waals surface area contributed by atoms with Crippen molar-refractivity contribution in [3.05, 3.63) is 83.0 Å². The summed E-state index contributed by atoms with van der Waals surface area (Å²) in [6, 6.07) is 23.2. The molecule has 3 aromatic carbocycles. The van der Waals surface area contributed by atoms with E-state index in [4.69, 9.17) is 16.3 Å². The summed E-state index contributed by atoms with van der Waals surface area (Å²) in [7, 11) is 0. The SMILES string of the molecule is CCOc1ccc2nc(Cl)c(CN3CCCC3C(O)CNC(C)(C)Cc3ccc4ccccc4c3)cc2c1. The van der Waals surface area contributed by atoms with E-state index in [1.165, 1.54) is 16.3 Å². The molecule has 2 unspecified atom stereocenters. The van der Waals surface area contributed by atoms with Crippen LogP contribution in [0.4, 0.5) is 0 Å². The fourth-order valence-electron chi connectivity index (χ4n) is 5.68. The number of likely N-dealkylation sites (tertiary alicyclic amines) is 1. The second kappa shape index (κ2) is 11.6. The smallest absolute Gasteiger partial charge is 0.134 e. The molecule has 0 amide bonds. The van der Waals surface area contributed by atoms with Crippen LogP contribution in [0.15, 0.2) is 66.7 Å². The molecule has 1 aromatic heterocycles. The van der Waals surface area contributed by atoms with E-state index >= 15 is 0 Å². The number of hydrogen-bond acceptors (Lipinski definition) is 5. The second-order valence-electron chi connectivity index (χ2n) is 11.1. The van der Waals surface area contributed by atoms with E-state index in [1.54, 1.807) is 0 Å². The highest BCUT2D eigenvalue weighted by molar-refractivity contribution is 6.30. The Balaban J connectivity index is 1.22. The van der Waals surface area contributed by atoms with E-state index < -0.39 is 6.10 Å². The normalized spacial score (nSPS) is 17.3. The Labute approximate surface area is 230 Å². The number of hydrogen-bond donors (Lipinski definition) is 2. The average Bonchev–Trinajstić information content (AvgIpc) is 3.36. The van der Waals surface area contributed by atoms with Crippen molar-refractivity contribution >= 4 is 33.3 Å². The van der Waals surface area contributed by atoms with E-state index in [-0.39, 0.29) is 11.6 Å². The highest BCUT2D eigenvalue weighted by Gasteiger charge is 2.32. The lowest BCUT2D eigenvalue weighted by Gasteiger charge is -2.33. The number of pyridine rings is 1. The third-order valence-electron chi connectivity index (χ3n) is 7.60. The summed E-state index contributed by atoms with van der Waals surface area (Å²) in [5, 5.41) is 18.9. The first-order valence-electron chi connectivity index (χ1n) is 13.7. The van der Waals surface area contributed by atoms with Crippen LogP contribution >= 0.6 is 11.6 Å². The molecule has 4 aromatic rings. The molecule has 38 heavy (non-hydrogen) atoms. The lowest BCUT2D eigenvalue weighted by atomic mass is 9.93. The Morgan fingerprint density at radius 2 is 1.89 bits per heavy atom. The first-order valence-corrected chi connectivity index (χ1v) is 14.1. The minimum atomic E-state index is -0.467. The van der Waals surface area contributed by atoms with Gasteiger partial charge in [0.05, 0.1) is 18.2 Å². The molecule has 5 nitrogen and oxygen atoms in total. The summed E-state index contributed by atoms with van der Waals surface area (Å²) < 4.78 is 5.67. The molecule has 5 rings (SSSR count). The fourth-order valence-corrected chi connectivity index (χ4v) is 5.89. The van der Waals surface area contributed by atoms with Crippen LogP contribution < -0.4 is 10.1 Å². The van der Waals surface area contributed by atoms with Crippen molar-refractivity contribution in [2.45, 2.75) is 64.3 Å². The summed E-state index contributed by atoms with van der Waals surface area (Å²) in [4.78, 5) is 6.98. The van der Waals surface area contributed by atoms with Crippen molar-refractivity contribution in [3.8, 4) is 5.75 Å². The molecule has 6 heteroatoms. The maximum absolute atomic E-state index is 11.2.